The van der Waals surface area contributed by atoms with Crippen LogP contribution in [0.5, 0.6) is 0 Å². The molecule has 0 saturated carbocycles. The van der Waals surface area contributed by atoms with Gasteiger partial charge in [0.2, 0.25) is 0 Å². The van der Waals surface area contributed by atoms with Gasteiger partial charge in [-0.3, -0.25) is 0 Å². The maximum atomic E-state index is 5.96. The van der Waals surface area contributed by atoms with Crippen molar-refractivity contribution in [2.45, 2.75) is 45.6 Å². The van der Waals surface area contributed by atoms with E-state index >= 15 is 0 Å². The molecule has 2 N–H and O–H groups in total. The van der Waals surface area contributed by atoms with Gasteiger partial charge in [0.25, 0.3) is 0 Å². The summed E-state index contributed by atoms with van der Waals surface area (Å²) in [5.41, 5.74) is 5.96. The van der Waals surface area contributed by atoms with Crippen LogP contribution in [-0.2, 0) is 0 Å². The molecule has 0 aromatic rings. The number of rotatable bonds is 5. The average Bonchev–Trinajstić information content (AvgIpc) is 2.84. The number of nitrogens with two attached hydrogens (primary N) is 1. The summed E-state index contributed by atoms with van der Waals surface area (Å²) < 4.78 is 0. The highest BCUT2D eigenvalue weighted by Gasteiger charge is 2.23. The Hall–Kier alpha value is -0.120. The van der Waals surface area contributed by atoms with E-state index in [0.29, 0.717) is 12.0 Å². The zero-order chi connectivity index (χ0) is 13.0. The Bertz CT molecular complexity index is 216. The highest BCUT2D eigenvalue weighted by atomic mass is 15.2. The Morgan fingerprint density at radius 2 is 1.61 bits per heavy atom. The molecule has 0 radical (unpaired) electrons. The van der Waals surface area contributed by atoms with E-state index in [4.69, 9.17) is 5.73 Å². The molecule has 2 fully saturated rings. The van der Waals surface area contributed by atoms with Gasteiger partial charge in [-0.15, -0.1) is 0 Å². The van der Waals surface area contributed by atoms with Crippen LogP contribution in [0.15, 0.2) is 0 Å². The molecule has 2 atom stereocenters. The predicted molar refractivity (Wildman–Crippen MR) is 77.7 cm³/mol. The Kier molecular flexibility index (Phi) is 5.46. The van der Waals surface area contributed by atoms with Crippen molar-refractivity contribution in [2.24, 2.45) is 17.6 Å². The van der Waals surface area contributed by atoms with Crippen molar-refractivity contribution in [3.63, 3.8) is 0 Å². The van der Waals surface area contributed by atoms with Gasteiger partial charge in [0, 0.05) is 19.1 Å². The first-order chi connectivity index (χ1) is 8.65. The summed E-state index contributed by atoms with van der Waals surface area (Å²) in [5, 5.41) is 0. The van der Waals surface area contributed by atoms with E-state index < -0.39 is 0 Å². The Morgan fingerprint density at radius 1 is 1.00 bits per heavy atom. The first-order valence-electron chi connectivity index (χ1n) is 7.85. The van der Waals surface area contributed by atoms with Gasteiger partial charge in [-0.25, -0.2) is 0 Å². The third-order valence-corrected chi connectivity index (χ3v) is 4.87. The smallest absolute Gasteiger partial charge is 0.00483 e. The summed E-state index contributed by atoms with van der Waals surface area (Å²) >= 11 is 0. The lowest BCUT2D eigenvalue weighted by molar-refractivity contribution is 0.136. The zero-order valence-electron chi connectivity index (χ0n) is 12.3. The van der Waals surface area contributed by atoms with Crippen molar-refractivity contribution in [3.8, 4) is 0 Å². The van der Waals surface area contributed by atoms with Crippen molar-refractivity contribution in [1.29, 1.82) is 0 Å². The number of piperidine rings is 1. The standard InChI is InChI=1S/C15H31N3/c1-13(14(2)16)11-18-9-5-15(6-10-18)12-17-7-3-4-8-17/h13-15H,3-12,16H2,1-2H3. The van der Waals surface area contributed by atoms with Gasteiger partial charge in [-0.05, 0) is 70.6 Å². The second-order valence-corrected chi connectivity index (χ2v) is 6.59. The van der Waals surface area contributed by atoms with Crippen LogP contribution < -0.4 is 5.73 Å². The molecule has 2 aliphatic heterocycles. The van der Waals surface area contributed by atoms with Crippen LogP contribution in [0.3, 0.4) is 0 Å². The molecule has 18 heavy (non-hydrogen) atoms. The maximum absolute atomic E-state index is 5.96. The monoisotopic (exact) mass is 253 g/mol. The first-order valence-corrected chi connectivity index (χ1v) is 7.85. The molecular weight excluding hydrogens is 222 g/mol. The fourth-order valence-electron chi connectivity index (χ4n) is 3.26. The van der Waals surface area contributed by atoms with Gasteiger partial charge in [0.1, 0.15) is 0 Å². The lowest BCUT2D eigenvalue weighted by Gasteiger charge is -2.35. The number of likely N-dealkylation sites (tertiary alicyclic amines) is 2. The summed E-state index contributed by atoms with van der Waals surface area (Å²) in [5.74, 6) is 1.57. The topological polar surface area (TPSA) is 32.5 Å². The minimum atomic E-state index is 0.326. The van der Waals surface area contributed by atoms with Crippen molar-refractivity contribution < 1.29 is 0 Å². The van der Waals surface area contributed by atoms with Gasteiger partial charge >= 0.3 is 0 Å². The largest absolute Gasteiger partial charge is 0.328 e. The summed E-state index contributed by atoms with van der Waals surface area (Å²) in [6, 6.07) is 0.326. The lowest BCUT2D eigenvalue weighted by atomic mass is 9.94. The molecule has 0 aliphatic carbocycles. The van der Waals surface area contributed by atoms with Crippen LogP contribution in [0.4, 0.5) is 0 Å². The van der Waals surface area contributed by atoms with Crippen LogP contribution in [-0.4, -0.2) is 55.1 Å². The lowest BCUT2D eigenvalue weighted by Crippen LogP contribution is -2.42. The molecule has 0 amide bonds. The SMILES string of the molecule is CC(N)C(C)CN1CCC(CN2CCCC2)CC1. The maximum Gasteiger partial charge on any atom is 0.00483 e. The molecule has 2 heterocycles. The number of hydrogen-bond donors (Lipinski definition) is 1. The molecule has 3 heteroatoms. The van der Waals surface area contributed by atoms with Crippen LogP contribution in [0.2, 0.25) is 0 Å². The summed E-state index contributed by atoms with van der Waals surface area (Å²) in [6.07, 6.45) is 5.62. The second-order valence-electron chi connectivity index (χ2n) is 6.59. The Balaban J connectivity index is 1.64. The summed E-state index contributed by atoms with van der Waals surface area (Å²) in [4.78, 5) is 5.29. The van der Waals surface area contributed by atoms with Crippen molar-refractivity contribution in [1.82, 2.24) is 9.80 Å². The third kappa shape index (κ3) is 4.22. The van der Waals surface area contributed by atoms with Crippen LogP contribution in [0, 0.1) is 11.8 Å². The van der Waals surface area contributed by atoms with Crippen LogP contribution >= 0.6 is 0 Å². The molecule has 106 valence electrons. The van der Waals surface area contributed by atoms with E-state index in [1.165, 1.54) is 65.0 Å². The molecule has 2 aliphatic rings. The second kappa shape index (κ2) is 6.88. The number of nitrogens with zero attached hydrogens (tertiary/aromatic N) is 2. The normalized spacial score (nSPS) is 27.5. The minimum Gasteiger partial charge on any atom is -0.328 e. The van der Waals surface area contributed by atoms with Gasteiger partial charge < -0.3 is 15.5 Å². The third-order valence-electron chi connectivity index (χ3n) is 4.87. The van der Waals surface area contributed by atoms with Crippen molar-refractivity contribution in [3.05, 3.63) is 0 Å². The highest BCUT2D eigenvalue weighted by molar-refractivity contribution is 4.79. The number of hydrogen-bond acceptors (Lipinski definition) is 3. The van der Waals surface area contributed by atoms with E-state index in [9.17, 15) is 0 Å². The van der Waals surface area contributed by atoms with E-state index in [1.54, 1.807) is 0 Å². The molecule has 2 unspecified atom stereocenters. The molecule has 0 bridgehead atoms. The molecular formula is C15H31N3. The molecule has 2 saturated heterocycles. The minimum absolute atomic E-state index is 0.326. The van der Waals surface area contributed by atoms with Crippen molar-refractivity contribution >= 4 is 0 Å². The van der Waals surface area contributed by atoms with E-state index in [1.807, 2.05) is 0 Å². The van der Waals surface area contributed by atoms with Crippen LogP contribution in [0.25, 0.3) is 0 Å². The Morgan fingerprint density at radius 3 is 2.17 bits per heavy atom. The molecule has 0 aromatic heterocycles. The van der Waals surface area contributed by atoms with E-state index in [2.05, 4.69) is 23.6 Å². The van der Waals surface area contributed by atoms with Gasteiger partial charge in [-0.2, -0.15) is 0 Å². The molecule has 0 spiro atoms. The fraction of sp³-hybridized carbons (Fsp3) is 1.00. The molecule has 3 nitrogen and oxygen atoms in total. The average molecular weight is 253 g/mol. The Labute approximate surface area is 113 Å². The highest BCUT2D eigenvalue weighted by Crippen LogP contribution is 2.21. The van der Waals surface area contributed by atoms with Gasteiger partial charge in [0.05, 0.1) is 0 Å². The van der Waals surface area contributed by atoms with Gasteiger partial charge in [0.15, 0.2) is 0 Å². The first kappa shape index (κ1) is 14.3. The van der Waals surface area contributed by atoms with Gasteiger partial charge in [-0.1, -0.05) is 6.92 Å². The van der Waals surface area contributed by atoms with Crippen molar-refractivity contribution in [2.75, 3.05) is 39.3 Å². The zero-order valence-corrected chi connectivity index (χ0v) is 12.3. The summed E-state index contributed by atoms with van der Waals surface area (Å²) in [7, 11) is 0. The van der Waals surface area contributed by atoms with E-state index in [-0.39, 0.29) is 0 Å². The molecule has 0 aromatic carbocycles. The van der Waals surface area contributed by atoms with E-state index in [0.717, 1.165) is 5.92 Å². The molecule has 2 rings (SSSR count). The van der Waals surface area contributed by atoms with Crippen LogP contribution in [0.1, 0.15) is 39.5 Å². The predicted octanol–water partition coefficient (Wildman–Crippen LogP) is 1.78. The summed E-state index contributed by atoms with van der Waals surface area (Å²) in [6.45, 7) is 12.2. The fourth-order valence-corrected chi connectivity index (χ4v) is 3.26. The quantitative estimate of drug-likeness (QED) is 0.810.